The highest BCUT2D eigenvalue weighted by Gasteiger charge is 2.17. The Hall–Kier alpha value is -1.91. The molecule has 2 atom stereocenters. The van der Waals surface area contributed by atoms with Crippen LogP contribution in [-0.2, 0) is 0 Å². The Morgan fingerprint density at radius 1 is 1.13 bits per heavy atom. The molecule has 124 valence electrons. The summed E-state index contributed by atoms with van der Waals surface area (Å²) in [7, 11) is 1.99. The molecule has 2 rings (SSSR count). The van der Waals surface area contributed by atoms with Crippen molar-refractivity contribution in [3.63, 3.8) is 0 Å². The fraction of sp³-hybridized carbons (Fsp3) is 0.421. The molecule has 1 aromatic carbocycles. The molecule has 0 radical (unpaired) electrons. The van der Waals surface area contributed by atoms with E-state index in [-0.39, 0.29) is 12.6 Å². The van der Waals surface area contributed by atoms with Crippen molar-refractivity contribution in [2.24, 2.45) is 0 Å². The summed E-state index contributed by atoms with van der Waals surface area (Å²) in [4.78, 5) is 6.45. The normalized spacial score (nSPS) is 13.8. The number of pyridine rings is 1. The van der Waals surface area contributed by atoms with Gasteiger partial charge in [-0.05, 0) is 51.1 Å². The SMILES string of the molecule is Cc1cccc(C)c1OCC(O)CN(C)C(C)c1ccccn1. The number of rotatable bonds is 7. The van der Waals surface area contributed by atoms with Crippen LogP contribution < -0.4 is 4.74 Å². The van der Waals surface area contributed by atoms with Crippen molar-refractivity contribution in [1.82, 2.24) is 9.88 Å². The van der Waals surface area contributed by atoms with Crippen molar-refractivity contribution >= 4 is 0 Å². The zero-order valence-corrected chi connectivity index (χ0v) is 14.4. The summed E-state index contributed by atoms with van der Waals surface area (Å²) in [5.41, 5.74) is 3.18. The largest absolute Gasteiger partial charge is 0.490 e. The van der Waals surface area contributed by atoms with E-state index in [2.05, 4.69) is 16.8 Å². The summed E-state index contributed by atoms with van der Waals surface area (Å²) in [6, 6.07) is 12.1. The first-order valence-corrected chi connectivity index (χ1v) is 7.97. The lowest BCUT2D eigenvalue weighted by Crippen LogP contribution is -2.35. The second-order valence-electron chi connectivity index (χ2n) is 6.06. The Morgan fingerprint density at radius 3 is 2.43 bits per heavy atom. The average Bonchev–Trinajstić information content (AvgIpc) is 2.54. The molecule has 23 heavy (non-hydrogen) atoms. The monoisotopic (exact) mass is 314 g/mol. The van der Waals surface area contributed by atoms with Crippen LogP contribution in [0.1, 0.15) is 29.8 Å². The molecule has 2 aromatic rings. The van der Waals surface area contributed by atoms with Gasteiger partial charge in [0.1, 0.15) is 18.5 Å². The summed E-state index contributed by atoms with van der Waals surface area (Å²) < 4.78 is 5.82. The number of aromatic nitrogens is 1. The number of hydrogen-bond donors (Lipinski definition) is 1. The van der Waals surface area contributed by atoms with Gasteiger partial charge in [-0.3, -0.25) is 9.88 Å². The first-order chi connectivity index (χ1) is 11.0. The van der Waals surface area contributed by atoms with Crippen LogP contribution in [-0.4, -0.2) is 41.3 Å². The summed E-state index contributed by atoms with van der Waals surface area (Å²) in [5, 5.41) is 10.3. The lowest BCUT2D eigenvalue weighted by Gasteiger charge is -2.26. The highest BCUT2D eigenvalue weighted by atomic mass is 16.5. The molecule has 0 aliphatic carbocycles. The van der Waals surface area contributed by atoms with Crippen LogP contribution in [0.15, 0.2) is 42.6 Å². The fourth-order valence-electron chi connectivity index (χ4n) is 2.60. The number of para-hydroxylation sites is 1. The number of nitrogens with zero attached hydrogens (tertiary/aromatic N) is 2. The zero-order valence-electron chi connectivity index (χ0n) is 14.4. The minimum Gasteiger partial charge on any atom is -0.490 e. The lowest BCUT2D eigenvalue weighted by atomic mass is 10.1. The Kier molecular flexibility index (Phi) is 6.13. The van der Waals surface area contributed by atoms with Crippen molar-refractivity contribution in [1.29, 1.82) is 0 Å². The second kappa shape index (κ2) is 8.09. The van der Waals surface area contributed by atoms with Crippen LogP contribution in [0.25, 0.3) is 0 Å². The quantitative estimate of drug-likeness (QED) is 0.853. The third kappa shape index (κ3) is 4.78. The highest BCUT2D eigenvalue weighted by molar-refractivity contribution is 5.39. The van der Waals surface area contributed by atoms with Crippen LogP contribution >= 0.6 is 0 Å². The van der Waals surface area contributed by atoms with E-state index in [1.165, 1.54) is 0 Å². The van der Waals surface area contributed by atoms with Gasteiger partial charge in [0.25, 0.3) is 0 Å². The van der Waals surface area contributed by atoms with Crippen molar-refractivity contribution < 1.29 is 9.84 Å². The summed E-state index contributed by atoms with van der Waals surface area (Å²) in [6.07, 6.45) is 1.24. The second-order valence-corrected chi connectivity index (χ2v) is 6.06. The number of likely N-dealkylation sites (N-methyl/N-ethyl adjacent to an activating group) is 1. The zero-order chi connectivity index (χ0) is 16.8. The van der Waals surface area contributed by atoms with Gasteiger partial charge >= 0.3 is 0 Å². The molecule has 1 N–H and O–H groups in total. The van der Waals surface area contributed by atoms with Gasteiger partial charge in [-0.15, -0.1) is 0 Å². The van der Waals surface area contributed by atoms with E-state index < -0.39 is 6.10 Å². The fourth-order valence-corrected chi connectivity index (χ4v) is 2.60. The van der Waals surface area contributed by atoms with Crippen LogP contribution in [0, 0.1) is 13.8 Å². The van der Waals surface area contributed by atoms with Crippen molar-refractivity contribution in [2.45, 2.75) is 32.9 Å². The Morgan fingerprint density at radius 2 is 1.83 bits per heavy atom. The summed E-state index contributed by atoms with van der Waals surface area (Å²) in [5.74, 6) is 0.868. The summed E-state index contributed by atoms with van der Waals surface area (Å²) in [6.45, 7) is 6.93. The van der Waals surface area contributed by atoms with Crippen LogP contribution in [0.5, 0.6) is 5.75 Å². The van der Waals surface area contributed by atoms with E-state index in [0.29, 0.717) is 6.54 Å². The molecule has 4 nitrogen and oxygen atoms in total. The molecule has 0 spiro atoms. The standard InChI is InChI=1S/C19H26N2O2/c1-14-8-7-9-15(2)19(14)23-13-17(22)12-21(4)16(3)18-10-5-6-11-20-18/h5-11,16-17,22H,12-13H2,1-4H3. The van der Waals surface area contributed by atoms with Gasteiger partial charge in [0.15, 0.2) is 0 Å². The molecule has 1 aromatic heterocycles. The van der Waals surface area contributed by atoms with Gasteiger partial charge in [0, 0.05) is 18.8 Å². The molecule has 0 saturated carbocycles. The van der Waals surface area contributed by atoms with E-state index >= 15 is 0 Å². The van der Waals surface area contributed by atoms with E-state index in [0.717, 1.165) is 22.6 Å². The molecule has 0 bridgehead atoms. The molecular weight excluding hydrogens is 288 g/mol. The van der Waals surface area contributed by atoms with Crippen LogP contribution in [0.3, 0.4) is 0 Å². The average molecular weight is 314 g/mol. The molecule has 2 unspecified atom stereocenters. The third-order valence-electron chi connectivity index (χ3n) is 4.10. The predicted octanol–water partition coefficient (Wildman–Crippen LogP) is 3.13. The molecule has 1 heterocycles. The molecular formula is C19H26N2O2. The minimum absolute atomic E-state index is 0.144. The molecule has 0 amide bonds. The maximum Gasteiger partial charge on any atom is 0.125 e. The number of aliphatic hydroxyl groups is 1. The molecule has 0 aliphatic rings. The van der Waals surface area contributed by atoms with Crippen LogP contribution in [0.4, 0.5) is 0 Å². The maximum absolute atomic E-state index is 10.3. The van der Waals surface area contributed by atoms with Gasteiger partial charge in [-0.25, -0.2) is 0 Å². The number of aryl methyl sites for hydroxylation is 2. The topological polar surface area (TPSA) is 45.6 Å². The molecule has 4 heteroatoms. The van der Waals surface area contributed by atoms with E-state index in [1.807, 2.05) is 57.3 Å². The summed E-state index contributed by atoms with van der Waals surface area (Å²) >= 11 is 0. The predicted molar refractivity (Wildman–Crippen MR) is 92.7 cm³/mol. The van der Waals surface area contributed by atoms with Gasteiger partial charge in [0.05, 0.1) is 5.69 Å². The third-order valence-corrected chi connectivity index (χ3v) is 4.10. The Bertz CT molecular complexity index is 596. The van der Waals surface area contributed by atoms with Crippen molar-refractivity contribution in [2.75, 3.05) is 20.2 Å². The number of hydrogen-bond acceptors (Lipinski definition) is 4. The lowest BCUT2D eigenvalue weighted by molar-refractivity contribution is 0.0643. The van der Waals surface area contributed by atoms with E-state index in [1.54, 1.807) is 6.20 Å². The Balaban J connectivity index is 1.88. The number of benzene rings is 1. The maximum atomic E-state index is 10.3. The molecule has 0 fully saturated rings. The van der Waals surface area contributed by atoms with E-state index in [4.69, 9.17) is 4.74 Å². The number of aliphatic hydroxyl groups excluding tert-OH is 1. The first-order valence-electron chi connectivity index (χ1n) is 7.97. The Labute approximate surface area is 138 Å². The molecule has 0 aliphatic heterocycles. The van der Waals surface area contributed by atoms with Gasteiger partial charge in [0.2, 0.25) is 0 Å². The smallest absolute Gasteiger partial charge is 0.125 e. The molecule has 0 saturated heterocycles. The van der Waals surface area contributed by atoms with Crippen molar-refractivity contribution in [3.8, 4) is 5.75 Å². The first kappa shape index (κ1) is 17.4. The van der Waals surface area contributed by atoms with Gasteiger partial charge < -0.3 is 9.84 Å². The highest BCUT2D eigenvalue weighted by Crippen LogP contribution is 2.22. The minimum atomic E-state index is -0.551. The van der Waals surface area contributed by atoms with Crippen molar-refractivity contribution in [3.05, 3.63) is 59.4 Å². The van der Waals surface area contributed by atoms with Gasteiger partial charge in [-0.2, -0.15) is 0 Å². The van der Waals surface area contributed by atoms with Crippen LogP contribution in [0.2, 0.25) is 0 Å². The van der Waals surface area contributed by atoms with Gasteiger partial charge in [-0.1, -0.05) is 24.3 Å². The van der Waals surface area contributed by atoms with E-state index in [9.17, 15) is 5.11 Å². The number of ether oxygens (including phenoxy) is 1.